The Labute approximate surface area is 119 Å². The van der Waals surface area contributed by atoms with Gasteiger partial charge in [0.2, 0.25) is 0 Å². The van der Waals surface area contributed by atoms with Crippen LogP contribution in [0.3, 0.4) is 0 Å². The molecule has 0 radical (unpaired) electrons. The molecule has 0 aliphatic carbocycles. The van der Waals surface area contributed by atoms with E-state index in [1.165, 1.54) is 27.3 Å². The van der Waals surface area contributed by atoms with Crippen molar-refractivity contribution in [2.24, 2.45) is 0 Å². The van der Waals surface area contributed by atoms with Crippen LogP contribution in [0.15, 0.2) is 41.5 Å². The smallest absolute Gasteiger partial charge is 0.276 e. The van der Waals surface area contributed by atoms with E-state index in [1.807, 2.05) is 6.07 Å². The molecule has 0 N–H and O–H groups in total. The molecule has 0 amide bonds. The Hall–Kier alpha value is -2.94. The van der Waals surface area contributed by atoms with Gasteiger partial charge in [0.25, 0.3) is 5.56 Å². The number of benzene rings is 1. The number of nitriles is 1. The summed E-state index contributed by atoms with van der Waals surface area (Å²) >= 11 is 0. The third-order valence-electron chi connectivity index (χ3n) is 3.24. The Morgan fingerprint density at radius 3 is 2.90 bits per heavy atom. The molecule has 0 aliphatic rings. The SMILES string of the molecule is Cc1cc2c(=O)n(Cc3cc(C#N)ccc3F)ccn2n1. The Balaban J connectivity index is 2.08. The quantitative estimate of drug-likeness (QED) is 0.720. The van der Waals surface area contributed by atoms with Crippen LogP contribution in [0, 0.1) is 24.1 Å². The van der Waals surface area contributed by atoms with E-state index in [0.717, 1.165) is 5.69 Å². The highest BCUT2D eigenvalue weighted by Crippen LogP contribution is 2.11. The topological polar surface area (TPSA) is 63.1 Å². The zero-order chi connectivity index (χ0) is 15.0. The molecule has 0 aliphatic heterocycles. The van der Waals surface area contributed by atoms with Crippen molar-refractivity contribution < 1.29 is 4.39 Å². The summed E-state index contributed by atoms with van der Waals surface area (Å²) in [6.07, 6.45) is 3.20. The number of aryl methyl sites for hydroxylation is 1. The maximum absolute atomic E-state index is 13.8. The van der Waals surface area contributed by atoms with Gasteiger partial charge in [-0.3, -0.25) is 4.79 Å². The third kappa shape index (κ3) is 2.30. The number of halogens is 1. The summed E-state index contributed by atoms with van der Waals surface area (Å²) in [5.74, 6) is -0.439. The number of aromatic nitrogens is 3. The van der Waals surface area contributed by atoms with Gasteiger partial charge in [-0.1, -0.05) is 0 Å². The number of hydrogen-bond acceptors (Lipinski definition) is 3. The van der Waals surface area contributed by atoms with Crippen molar-refractivity contribution in [3.05, 3.63) is 69.7 Å². The summed E-state index contributed by atoms with van der Waals surface area (Å²) in [5.41, 5.74) is 1.59. The van der Waals surface area contributed by atoms with Crippen molar-refractivity contribution in [1.29, 1.82) is 5.26 Å². The third-order valence-corrected chi connectivity index (χ3v) is 3.24. The maximum Gasteiger partial charge on any atom is 0.276 e. The second-order valence-corrected chi connectivity index (χ2v) is 4.76. The average molecular weight is 282 g/mol. The standard InChI is InChI=1S/C15H11FN4O/c1-10-6-14-15(21)19(4-5-20(14)18-10)9-12-7-11(8-17)2-3-13(12)16/h2-7H,9H2,1H3. The molecule has 3 rings (SSSR count). The molecule has 104 valence electrons. The Morgan fingerprint density at radius 2 is 2.14 bits per heavy atom. The van der Waals surface area contributed by atoms with Crippen LogP contribution >= 0.6 is 0 Å². The van der Waals surface area contributed by atoms with Crippen LogP contribution in [0.5, 0.6) is 0 Å². The van der Waals surface area contributed by atoms with Gasteiger partial charge in [-0.15, -0.1) is 0 Å². The number of nitrogens with zero attached hydrogens (tertiary/aromatic N) is 4. The molecule has 2 aromatic heterocycles. The van der Waals surface area contributed by atoms with E-state index in [1.54, 1.807) is 25.4 Å². The summed E-state index contributed by atoms with van der Waals surface area (Å²) in [6.45, 7) is 1.87. The Kier molecular flexibility index (Phi) is 3.03. The second-order valence-electron chi connectivity index (χ2n) is 4.76. The largest absolute Gasteiger partial charge is 0.308 e. The summed E-state index contributed by atoms with van der Waals surface area (Å²) < 4.78 is 16.7. The van der Waals surface area contributed by atoms with Crippen molar-refractivity contribution >= 4 is 5.52 Å². The first kappa shape index (κ1) is 13.1. The molecule has 5 nitrogen and oxygen atoms in total. The molecule has 0 saturated carbocycles. The van der Waals surface area contributed by atoms with Crippen LogP contribution in [0.2, 0.25) is 0 Å². The van der Waals surface area contributed by atoms with Crippen molar-refractivity contribution in [3.8, 4) is 6.07 Å². The van der Waals surface area contributed by atoms with Gasteiger partial charge in [-0.05, 0) is 31.2 Å². The molecule has 0 fully saturated rings. The normalized spacial score (nSPS) is 10.7. The minimum atomic E-state index is -0.439. The lowest BCUT2D eigenvalue weighted by molar-refractivity contribution is 0.595. The molecular weight excluding hydrogens is 271 g/mol. The van der Waals surface area contributed by atoms with E-state index in [4.69, 9.17) is 5.26 Å². The Bertz CT molecular complexity index is 933. The molecule has 3 aromatic rings. The highest BCUT2D eigenvalue weighted by Gasteiger charge is 2.09. The molecule has 2 heterocycles. The highest BCUT2D eigenvalue weighted by molar-refractivity contribution is 5.45. The van der Waals surface area contributed by atoms with Gasteiger partial charge in [0.15, 0.2) is 0 Å². The predicted octanol–water partition coefficient (Wildman–Crippen LogP) is 1.86. The first-order valence-corrected chi connectivity index (χ1v) is 6.32. The molecule has 1 aromatic carbocycles. The van der Waals surface area contributed by atoms with Crippen LogP contribution in [0.1, 0.15) is 16.8 Å². The van der Waals surface area contributed by atoms with E-state index in [0.29, 0.717) is 16.6 Å². The molecule has 0 spiro atoms. The molecule has 0 unspecified atom stereocenters. The Morgan fingerprint density at radius 1 is 1.33 bits per heavy atom. The zero-order valence-corrected chi connectivity index (χ0v) is 11.2. The van der Waals surface area contributed by atoms with Gasteiger partial charge in [-0.2, -0.15) is 10.4 Å². The minimum absolute atomic E-state index is 0.0704. The van der Waals surface area contributed by atoms with E-state index < -0.39 is 5.82 Å². The van der Waals surface area contributed by atoms with E-state index in [2.05, 4.69) is 5.10 Å². The zero-order valence-electron chi connectivity index (χ0n) is 11.2. The monoisotopic (exact) mass is 282 g/mol. The van der Waals surface area contributed by atoms with Crippen LogP contribution < -0.4 is 5.56 Å². The summed E-state index contributed by atoms with van der Waals surface area (Å²) in [5, 5.41) is 13.0. The molecule has 0 saturated heterocycles. The van der Waals surface area contributed by atoms with Crippen molar-refractivity contribution in [2.45, 2.75) is 13.5 Å². The van der Waals surface area contributed by atoms with Crippen LogP contribution in [-0.4, -0.2) is 14.2 Å². The average Bonchev–Trinajstić information content (AvgIpc) is 2.85. The van der Waals surface area contributed by atoms with Crippen molar-refractivity contribution in [3.63, 3.8) is 0 Å². The van der Waals surface area contributed by atoms with Gasteiger partial charge < -0.3 is 4.57 Å². The maximum atomic E-state index is 13.8. The van der Waals surface area contributed by atoms with Gasteiger partial charge >= 0.3 is 0 Å². The summed E-state index contributed by atoms with van der Waals surface area (Å²) in [6, 6.07) is 7.74. The molecule has 6 heteroatoms. The molecular formula is C15H11FN4O. The first-order chi connectivity index (χ1) is 10.1. The molecule has 0 atom stereocenters. The van der Waals surface area contributed by atoms with E-state index >= 15 is 0 Å². The van der Waals surface area contributed by atoms with Gasteiger partial charge in [0.05, 0.1) is 23.9 Å². The highest BCUT2D eigenvalue weighted by atomic mass is 19.1. The van der Waals surface area contributed by atoms with Crippen LogP contribution in [0.4, 0.5) is 4.39 Å². The lowest BCUT2D eigenvalue weighted by Crippen LogP contribution is -2.22. The van der Waals surface area contributed by atoms with Gasteiger partial charge in [0, 0.05) is 18.0 Å². The molecule has 21 heavy (non-hydrogen) atoms. The summed E-state index contributed by atoms with van der Waals surface area (Å²) in [7, 11) is 0. The number of rotatable bonds is 2. The van der Waals surface area contributed by atoms with Gasteiger partial charge in [-0.25, -0.2) is 8.91 Å². The number of fused-ring (bicyclic) bond motifs is 1. The molecule has 0 bridgehead atoms. The van der Waals surface area contributed by atoms with Crippen LogP contribution in [-0.2, 0) is 6.54 Å². The van der Waals surface area contributed by atoms with E-state index in [-0.39, 0.29) is 12.1 Å². The predicted molar refractivity (Wildman–Crippen MR) is 74.4 cm³/mol. The van der Waals surface area contributed by atoms with Crippen LogP contribution in [0.25, 0.3) is 5.52 Å². The van der Waals surface area contributed by atoms with E-state index in [9.17, 15) is 9.18 Å². The fourth-order valence-corrected chi connectivity index (χ4v) is 2.22. The number of hydrogen-bond donors (Lipinski definition) is 0. The second kappa shape index (κ2) is 4.87. The first-order valence-electron chi connectivity index (χ1n) is 6.32. The van der Waals surface area contributed by atoms with Crippen molar-refractivity contribution in [1.82, 2.24) is 14.2 Å². The lowest BCUT2D eigenvalue weighted by Gasteiger charge is -2.07. The minimum Gasteiger partial charge on any atom is -0.308 e. The van der Waals surface area contributed by atoms with Crippen molar-refractivity contribution in [2.75, 3.05) is 0 Å². The van der Waals surface area contributed by atoms with Gasteiger partial charge in [0.1, 0.15) is 11.3 Å². The fraction of sp³-hybridized carbons (Fsp3) is 0.133. The fourth-order valence-electron chi connectivity index (χ4n) is 2.22. The lowest BCUT2D eigenvalue weighted by atomic mass is 10.1. The summed E-state index contributed by atoms with van der Waals surface area (Å²) in [4.78, 5) is 12.3.